The second-order valence-corrected chi connectivity index (χ2v) is 74.7. The summed E-state index contributed by atoms with van der Waals surface area (Å²) < 4.78 is 12.3. The highest BCUT2D eigenvalue weighted by Gasteiger charge is 2.48. The van der Waals surface area contributed by atoms with Crippen molar-refractivity contribution in [2.75, 3.05) is 80.6 Å². The molecule has 148 heavy (non-hydrogen) atoms. The summed E-state index contributed by atoms with van der Waals surface area (Å²) in [6, 6.07) is 10.6. The van der Waals surface area contributed by atoms with Crippen LogP contribution in [0.3, 0.4) is 0 Å². The van der Waals surface area contributed by atoms with Crippen molar-refractivity contribution in [3.63, 3.8) is 0 Å². The molecule has 868 valence electrons. The Hall–Kier alpha value is -1.31. The molecule has 1 aromatic carbocycles. The lowest BCUT2D eigenvalue weighted by Gasteiger charge is -2.37. The number of thioether (sulfide) groups is 5. The molecule has 0 radical (unpaired) electrons. The van der Waals surface area contributed by atoms with Crippen LogP contribution in [0.5, 0.6) is 0 Å². The number of hydrogen-bond acceptors (Lipinski definition) is 23. The number of imide groups is 5. The SMILES string of the molecule is C.CC(C)(C)CCOCCN1C(=O)CC(SCC(C)(C)C)C1=O.CC(C)(C)CSC1CC(=O)N(C(C)(C)C)C1=O.CC(C)(C)CSC1CC(=O)N(CC2CCC(C(C)(C)C)CC2)C1=O.CC(C)(C)CSSC(C)(C)C.CC(C)(C)c1ccccc1.CC(C)CCOCCSC1CC(=O)N(CC(C)(C)C)C1=O.CC(C)CSSC(C)(C)C.CC(CC(C)(C)C)SC1CC(=O)N(C(C)(C)C)C1=O.CC(CC(C)(C)C)SSC(C)(C)C. The molecule has 17 nitrogen and oxygen atoms in total. The summed E-state index contributed by atoms with van der Waals surface area (Å²) in [4.78, 5) is 129. The monoisotopic (exact) mass is 2280 g/mol. The van der Waals surface area contributed by atoms with Gasteiger partial charge in [-0.25, -0.2) is 0 Å². The first-order valence-electron chi connectivity index (χ1n) is 54.5. The summed E-state index contributed by atoms with van der Waals surface area (Å²) in [6.07, 6.45) is 10.9. The van der Waals surface area contributed by atoms with Gasteiger partial charge in [-0.2, -0.15) is 0 Å². The van der Waals surface area contributed by atoms with Crippen LogP contribution in [0.4, 0.5) is 0 Å². The van der Waals surface area contributed by atoms with Crippen molar-refractivity contribution in [2.24, 2.45) is 72.4 Å². The van der Waals surface area contributed by atoms with Gasteiger partial charge < -0.3 is 9.47 Å². The number of likely N-dealkylation sites (tertiary alicyclic amines) is 5. The summed E-state index contributed by atoms with van der Waals surface area (Å²) in [6.45, 7) is 115. The zero-order valence-electron chi connectivity index (χ0n) is 103. The van der Waals surface area contributed by atoms with Crippen LogP contribution in [0, 0.1) is 72.4 Å². The largest absolute Gasteiger partial charge is 0.381 e. The minimum absolute atomic E-state index is 0. The number of amides is 10. The molecule has 6 fully saturated rings. The van der Waals surface area contributed by atoms with Gasteiger partial charge in [0.05, 0.1) is 46.0 Å². The van der Waals surface area contributed by atoms with E-state index in [1.807, 2.05) is 127 Å². The first-order chi connectivity index (χ1) is 65.9. The highest BCUT2D eigenvalue weighted by atomic mass is 33.1. The molecule has 1 saturated carbocycles. The van der Waals surface area contributed by atoms with Crippen LogP contribution < -0.4 is 0 Å². The molecule has 1 aromatic rings. The summed E-state index contributed by atoms with van der Waals surface area (Å²) in [5, 5.41) is 0.202. The number of carbonyl (C=O) groups excluding carboxylic acids is 10. The van der Waals surface area contributed by atoms with Crippen LogP contribution in [0.25, 0.3) is 0 Å². The Kier molecular flexibility index (Phi) is 68.1. The number of rotatable bonds is 32. The molecule has 0 N–H and O–H groups in total. The molecule has 7 unspecified atom stereocenters. The van der Waals surface area contributed by atoms with Gasteiger partial charge in [-0.15, -0.1) is 58.8 Å². The van der Waals surface area contributed by atoms with E-state index in [0.29, 0.717) is 125 Å². The van der Waals surface area contributed by atoms with Crippen LogP contribution in [0.15, 0.2) is 30.3 Å². The molecule has 5 aliphatic heterocycles. The Balaban J connectivity index is -0.00000162. The Morgan fingerprint density at radius 1 is 0.345 bits per heavy atom. The van der Waals surface area contributed by atoms with Crippen LogP contribution in [0.2, 0.25) is 0 Å². The zero-order chi connectivity index (χ0) is 115. The van der Waals surface area contributed by atoms with Crippen LogP contribution in [-0.2, 0) is 62.8 Å². The average molecular weight is 2280 g/mol. The Labute approximate surface area is 956 Å². The summed E-state index contributed by atoms with van der Waals surface area (Å²) >= 11 is 8.07. The van der Waals surface area contributed by atoms with Gasteiger partial charge in [-0.05, 0) is 194 Å². The van der Waals surface area contributed by atoms with Gasteiger partial charge in [-0.1, -0.05) is 414 Å². The second kappa shape index (κ2) is 66.8. The van der Waals surface area contributed by atoms with E-state index < -0.39 is 11.1 Å². The topological polar surface area (TPSA) is 205 Å². The Morgan fingerprint density at radius 2 is 0.709 bits per heavy atom. The number of ether oxygens (including phenoxy) is 2. The smallest absolute Gasteiger partial charge is 0.243 e. The molecular weight excluding hydrogens is 2060 g/mol. The van der Waals surface area contributed by atoms with E-state index >= 15 is 0 Å². The van der Waals surface area contributed by atoms with Crippen molar-refractivity contribution in [1.29, 1.82) is 0 Å². The first-order valence-corrected chi connectivity index (χ1v) is 66.5. The lowest BCUT2D eigenvalue weighted by atomic mass is 9.70. The van der Waals surface area contributed by atoms with Crippen molar-refractivity contribution in [3.05, 3.63) is 35.9 Å². The number of carbonyl (C=O) groups is 10. The van der Waals surface area contributed by atoms with Crippen LogP contribution >= 0.6 is 124 Å². The van der Waals surface area contributed by atoms with Gasteiger partial charge in [0.25, 0.3) is 0 Å². The van der Waals surface area contributed by atoms with E-state index in [1.165, 1.54) is 55.9 Å². The summed E-state index contributed by atoms with van der Waals surface area (Å²) in [5.74, 6) is 8.56. The molecule has 10 amide bonds. The maximum atomic E-state index is 12.6. The van der Waals surface area contributed by atoms with Crippen LogP contribution in [0.1, 0.15) is 450 Å². The van der Waals surface area contributed by atoms with Crippen molar-refractivity contribution >= 4 is 183 Å². The van der Waals surface area contributed by atoms with E-state index in [4.69, 9.17) is 9.47 Å². The predicted octanol–water partition coefficient (Wildman–Crippen LogP) is 33.9. The Bertz CT molecular complexity index is 4000. The third kappa shape index (κ3) is 74.2. The van der Waals surface area contributed by atoms with Crippen molar-refractivity contribution in [3.8, 4) is 0 Å². The van der Waals surface area contributed by atoms with Gasteiger partial charge in [0, 0.05) is 111 Å². The highest BCUT2D eigenvalue weighted by molar-refractivity contribution is 8.77. The average Bonchev–Trinajstić information content (AvgIpc) is 1.65. The molecule has 0 spiro atoms. The van der Waals surface area contributed by atoms with E-state index in [-0.39, 0.29) is 125 Å². The quantitative estimate of drug-likeness (QED) is 0.0373. The molecule has 0 bridgehead atoms. The molecule has 5 heterocycles. The maximum Gasteiger partial charge on any atom is 0.243 e. The fraction of sp³-hybridized carbons (Fsp3) is 0.867. The van der Waals surface area contributed by atoms with Crippen molar-refractivity contribution < 1.29 is 57.4 Å². The van der Waals surface area contributed by atoms with E-state index in [9.17, 15) is 47.9 Å². The summed E-state index contributed by atoms with van der Waals surface area (Å²) in [7, 11) is 12.0. The normalized spacial score (nSPS) is 20.2. The van der Waals surface area contributed by atoms with Gasteiger partial charge in [0.2, 0.25) is 59.1 Å². The zero-order valence-corrected chi connectivity index (χ0v) is 112. The number of nitrogens with zero attached hydrogens (tertiary/aromatic N) is 5. The summed E-state index contributed by atoms with van der Waals surface area (Å²) in [5.41, 5.74) is 3.17. The fourth-order valence-corrected chi connectivity index (χ4v) is 29.8. The van der Waals surface area contributed by atoms with Gasteiger partial charge in [-0.3, -0.25) is 72.4 Å². The third-order valence-corrected chi connectivity index (χ3v) is 41.4. The number of hydrogen-bond donors (Lipinski definition) is 0. The molecule has 5 saturated heterocycles. The number of benzene rings is 1. The van der Waals surface area contributed by atoms with Gasteiger partial charge >= 0.3 is 0 Å². The van der Waals surface area contributed by atoms with E-state index in [1.54, 1.807) is 63.7 Å². The molecule has 7 rings (SSSR count). The van der Waals surface area contributed by atoms with Gasteiger partial charge in [0.1, 0.15) is 0 Å². The minimum Gasteiger partial charge on any atom is -0.381 e. The van der Waals surface area contributed by atoms with E-state index in [0.717, 1.165) is 78.8 Å². The highest BCUT2D eigenvalue weighted by Crippen LogP contribution is 2.46. The van der Waals surface area contributed by atoms with Crippen molar-refractivity contribution in [1.82, 2.24) is 24.5 Å². The molecule has 0 aromatic heterocycles. The molecular formula is C120H225N5O12S11. The second-order valence-electron chi connectivity index (χ2n) is 58.4. The van der Waals surface area contributed by atoms with Crippen LogP contribution in [-0.4, -0.2) is 226 Å². The lowest BCUT2D eigenvalue weighted by molar-refractivity contribution is -0.145. The molecule has 28 heteroatoms. The Morgan fingerprint density at radius 3 is 1.07 bits per heavy atom. The fourth-order valence-electron chi connectivity index (χ4n) is 15.1. The first kappa shape index (κ1) is 151. The molecule has 7 atom stereocenters. The molecule has 6 aliphatic rings. The van der Waals surface area contributed by atoms with Gasteiger partial charge in [0.15, 0.2) is 0 Å². The standard InChI is InChI=1S/C20H35NO2S.C17H31NO3S.C16H29NO3S.C15H27NO2S.C13H23NO2S.C11H24S2.C10H14.C9H20S2.C8H18S2.CH4/c1-19(2,3)13-24-16-11-17(22)21(18(16)23)12-14-7-9-15(10-8-14)20(4,5)6;1-16(2,3)7-9-21-10-8-18-14(19)11-13(15(18)20)22-12-17(4,5)6;1-12(2)6-7-20-8-9-21-13-10-14(18)17(15(13)19)11-16(3,4)5;1-10(9-14(2,3)4)19-11-8-12(17)16(13(11)18)15(5,6)7;1-12(2,3)8-17-9-7-10(15)14(11(9)16)13(4,5)6;1-9(8-10(2,3)4)12-13-11(5,6)7;1-10(2,3)9-7-5-4-6-8-9;1-8(2,3)7-10-11-9(4,5)6;1-7(2)6-9-10-8(3,4)5;/h14-16H,7-13H2,1-6H3;13H,7-12H2,1-6H3;12-13H,6-11H2,1-5H3;10-11H,8-9H2,1-7H3;9H,7-8H2,1-6H3;9H,8H2,1-7H3;4-8H,1-3H3;7H2,1-6H3;7H,6H2,1-5H3;1H4. The minimum atomic E-state index is -0.406. The maximum absolute atomic E-state index is 12.6. The molecule has 1 aliphatic carbocycles. The van der Waals surface area contributed by atoms with Crippen molar-refractivity contribution in [2.45, 2.75) is 511 Å². The third-order valence-electron chi connectivity index (χ3n) is 22.1. The van der Waals surface area contributed by atoms with E-state index in [2.05, 4.69) is 321 Å². The lowest BCUT2D eigenvalue weighted by Crippen LogP contribution is -2.46. The predicted molar refractivity (Wildman–Crippen MR) is 668 cm³/mol.